The Balaban J connectivity index is 1.94. The summed E-state index contributed by atoms with van der Waals surface area (Å²) in [5.74, 6) is -2.54. The predicted octanol–water partition coefficient (Wildman–Crippen LogP) is 5.88. The van der Waals surface area contributed by atoms with Gasteiger partial charge in [-0.1, -0.05) is 40.9 Å². The van der Waals surface area contributed by atoms with Crippen LogP contribution in [0.3, 0.4) is 0 Å². The van der Waals surface area contributed by atoms with Gasteiger partial charge in [-0.05, 0) is 36.4 Å². The van der Waals surface area contributed by atoms with Crippen molar-refractivity contribution >= 4 is 57.4 Å². The molecule has 4 aromatic rings. The molecule has 1 amide bonds. The van der Waals surface area contributed by atoms with Gasteiger partial charge in [0.1, 0.15) is 28.0 Å². The largest absolute Gasteiger partial charge is 0.319 e. The van der Waals surface area contributed by atoms with Gasteiger partial charge in [0.2, 0.25) is 5.43 Å². The highest BCUT2D eigenvalue weighted by molar-refractivity contribution is 6.40. The van der Waals surface area contributed by atoms with E-state index in [-0.39, 0.29) is 43.2 Å². The fraction of sp³-hybridized carbons (Fsp3) is 0. The summed E-state index contributed by atoms with van der Waals surface area (Å²) >= 11 is 18.1. The first-order valence-corrected chi connectivity index (χ1v) is 9.82. The third-order valence-electron chi connectivity index (χ3n) is 4.43. The molecule has 0 saturated carbocycles. The fourth-order valence-corrected chi connectivity index (χ4v) is 3.64. The summed E-state index contributed by atoms with van der Waals surface area (Å²) in [6, 6.07) is 10.2. The molecule has 0 bridgehead atoms. The molecule has 0 aliphatic heterocycles. The first-order chi connectivity index (χ1) is 14.8. The molecule has 0 unspecified atom stereocenters. The Morgan fingerprint density at radius 2 is 1.71 bits per heavy atom. The van der Waals surface area contributed by atoms with Crippen molar-refractivity contribution in [1.29, 1.82) is 0 Å². The van der Waals surface area contributed by atoms with E-state index in [1.165, 1.54) is 24.3 Å². The number of para-hydroxylation sites is 1. The summed E-state index contributed by atoms with van der Waals surface area (Å²) in [6.07, 6.45) is 1.10. The molecule has 0 radical (unpaired) electrons. The minimum atomic E-state index is -0.924. The van der Waals surface area contributed by atoms with Crippen molar-refractivity contribution in [3.63, 3.8) is 0 Å². The molecule has 0 aliphatic carbocycles. The van der Waals surface area contributed by atoms with E-state index in [1.54, 1.807) is 6.07 Å². The first-order valence-electron chi connectivity index (χ1n) is 8.69. The molecule has 4 rings (SSSR count). The van der Waals surface area contributed by atoms with E-state index in [4.69, 9.17) is 34.8 Å². The van der Waals surface area contributed by atoms with Gasteiger partial charge in [-0.2, -0.15) is 0 Å². The maximum absolute atomic E-state index is 14.5. The quantitative estimate of drug-likeness (QED) is 0.373. The lowest BCUT2D eigenvalue weighted by molar-refractivity contribution is 0.102. The highest BCUT2D eigenvalue weighted by Gasteiger charge is 2.20. The molecule has 10 heteroatoms. The highest BCUT2D eigenvalue weighted by Crippen LogP contribution is 2.30. The third-order valence-corrected chi connectivity index (χ3v) is 5.27. The second-order valence-electron chi connectivity index (χ2n) is 6.39. The lowest BCUT2D eigenvalue weighted by Crippen LogP contribution is -2.24. The van der Waals surface area contributed by atoms with Gasteiger partial charge in [-0.3, -0.25) is 14.2 Å². The third kappa shape index (κ3) is 3.99. The van der Waals surface area contributed by atoms with E-state index in [2.05, 4.69) is 10.3 Å². The lowest BCUT2D eigenvalue weighted by Gasteiger charge is -2.14. The van der Waals surface area contributed by atoms with Gasteiger partial charge in [0.05, 0.1) is 26.8 Å². The smallest absolute Gasteiger partial charge is 0.261 e. The summed E-state index contributed by atoms with van der Waals surface area (Å²) in [4.78, 5) is 30.0. The van der Waals surface area contributed by atoms with Crippen LogP contribution in [0.1, 0.15) is 10.4 Å². The number of aromatic nitrogens is 2. The van der Waals surface area contributed by atoms with Crippen molar-refractivity contribution in [1.82, 2.24) is 9.55 Å². The van der Waals surface area contributed by atoms with E-state index < -0.39 is 23.0 Å². The fourth-order valence-electron chi connectivity index (χ4n) is 3.00. The van der Waals surface area contributed by atoms with Crippen LogP contribution in [0.2, 0.25) is 15.2 Å². The van der Waals surface area contributed by atoms with Crippen LogP contribution >= 0.6 is 34.8 Å². The Morgan fingerprint density at radius 1 is 1.00 bits per heavy atom. The molecule has 0 saturated heterocycles. The van der Waals surface area contributed by atoms with Crippen molar-refractivity contribution in [2.75, 3.05) is 5.32 Å². The van der Waals surface area contributed by atoms with E-state index >= 15 is 0 Å². The first kappa shape index (κ1) is 21.2. The Morgan fingerprint density at radius 3 is 2.39 bits per heavy atom. The molecule has 0 fully saturated rings. The Kier molecular flexibility index (Phi) is 5.66. The zero-order valence-electron chi connectivity index (χ0n) is 15.3. The minimum absolute atomic E-state index is 0.00432. The Labute approximate surface area is 188 Å². The minimum Gasteiger partial charge on any atom is -0.319 e. The Bertz CT molecular complexity index is 1400. The van der Waals surface area contributed by atoms with E-state index in [0.717, 1.165) is 22.9 Å². The second-order valence-corrected chi connectivity index (χ2v) is 7.60. The number of hydrogen-bond donors (Lipinski definition) is 1. The highest BCUT2D eigenvalue weighted by atomic mass is 35.5. The summed E-state index contributed by atoms with van der Waals surface area (Å²) in [5.41, 5.74) is -1.03. The number of rotatable bonds is 3. The zero-order chi connectivity index (χ0) is 22.3. The van der Waals surface area contributed by atoms with Crippen LogP contribution in [0.25, 0.3) is 16.7 Å². The maximum Gasteiger partial charge on any atom is 0.261 e. The van der Waals surface area contributed by atoms with Crippen molar-refractivity contribution < 1.29 is 13.6 Å². The SMILES string of the molecule is O=C(Nc1c(Cl)cccc1Cl)c1cn(-c2ccc(F)cc2F)c2nc(Cl)ccc2c1=O. The molecular weight excluding hydrogens is 471 g/mol. The van der Waals surface area contributed by atoms with Crippen LogP contribution in [0.15, 0.2) is 59.5 Å². The topological polar surface area (TPSA) is 64.0 Å². The molecule has 0 atom stereocenters. The van der Waals surface area contributed by atoms with Crippen LogP contribution in [0.4, 0.5) is 14.5 Å². The summed E-state index contributed by atoms with van der Waals surface area (Å²) in [6.45, 7) is 0. The molecule has 0 aliphatic rings. The van der Waals surface area contributed by atoms with Crippen LogP contribution in [-0.4, -0.2) is 15.5 Å². The van der Waals surface area contributed by atoms with Crippen LogP contribution < -0.4 is 10.7 Å². The van der Waals surface area contributed by atoms with E-state index in [0.29, 0.717) is 6.07 Å². The van der Waals surface area contributed by atoms with Crippen LogP contribution in [-0.2, 0) is 0 Å². The molecule has 0 spiro atoms. The average Bonchev–Trinajstić information content (AvgIpc) is 2.71. The standard InChI is InChI=1S/C21H10Cl3F2N3O2/c22-13-2-1-3-14(23)18(13)28-21(31)12-9-29(16-6-4-10(25)8-15(16)26)20-11(19(12)30)5-7-17(24)27-20/h1-9H,(H,28,31). The molecule has 2 aromatic heterocycles. The summed E-state index contributed by atoms with van der Waals surface area (Å²) in [7, 11) is 0. The number of halogens is 5. The molecular formula is C21H10Cl3F2N3O2. The normalized spacial score (nSPS) is 11.0. The number of benzene rings is 2. The molecule has 31 heavy (non-hydrogen) atoms. The van der Waals surface area contributed by atoms with Gasteiger partial charge in [0, 0.05) is 12.3 Å². The molecule has 5 nitrogen and oxygen atoms in total. The molecule has 2 heterocycles. The van der Waals surface area contributed by atoms with Crippen molar-refractivity contribution in [3.05, 3.63) is 97.3 Å². The number of anilines is 1. The van der Waals surface area contributed by atoms with Crippen molar-refractivity contribution in [2.24, 2.45) is 0 Å². The number of fused-ring (bicyclic) bond motifs is 1. The summed E-state index contributed by atoms with van der Waals surface area (Å²) in [5, 5.41) is 2.88. The summed E-state index contributed by atoms with van der Waals surface area (Å²) < 4.78 is 29.1. The molecule has 2 aromatic carbocycles. The van der Waals surface area contributed by atoms with Gasteiger partial charge < -0.3 is 5.32 Å². The Hall–Kier alpha value is -3.00. The molecule has 156 valence electrons. The number of hydrogen-bond acceptors (Lipinski definition) is 3. The number of amides is 1. The molecule has 1 N–H and O–H groups in total. The maximum atomic E-state index is 14.5. The lowest BCUT2D eigenvalue weighted by atomic mass is 10.1. The average molecular weight is 481 g/mol. The number of nitrogens with one attached hydrogen (secondary N) is 1. The van der Waals surface area contributed by atoms with Crippen molar-refractivity contribution in [2.45, 2.75) is 0 Å². The number of pyridine rings is 2. The van der Waals surface area contributed by atoms with Crippen LogP contribution in [0, 0.1) is 11.6 Å². The van der Waals surface area contributed by atoms with Gasteiger partial charge in [0.15, 0.2) is 0 Å². The van der Waals surface area contributed by atoms with Gasteiger partial charge in [0.25, 0.3) is 5.91 Å². The van der Waals surface area contributed by atoms with Gasteiger partial charge in [-0.15, -0.1) is 0 Å². The van der Waals surface area contributed by atoms with Gasteiger partial charge in [-0.25, -0.2) is 13.8 Å². The monoisotopic (exact) mass is 479 g/mol. The van der Waals surface area contributed by atoms with Crippen LogP contribution in [0.5, 0.6) is 0 Å². The number of carbonyl (C=O) groups is 1. The van der Waals surface area contributed by atoms with Gasteiger partial charge >= 0.3 is 0 Å². The second kappa shape index (κ2) is 8.26. The predicted molar refractivity (Wildman–Crippen MR) is 117 cm³/mol. The zero-order valence-corrected chi connectivity index (χ0v) is 17.6. The van der Waals surface area contributed by atoms with E-state index in [9.17, 15) is 18.4 Å². The van der Waals surface area contributed by atoms with Crippen molar-refractivity contribution in [3.8, 4) is 5.69 Å². The van der Waals surface area contributed by atoms with E-state index in [1.807, 2.05) is 0 Å². The number of carbonyl (C=O) groups excluding carboxylic acids is 1. The number of nitrogens with zero attached hydrogens (tertiary/aromatic N) is 2.